The third-order valence-corrected chi connectivity index (χ3v) is 2.05. The van der Waals surface area contributed by atoms with Crippen molar-refractivity contribution in [1.29, 1.82) is 0 Å². The monoisotopic (exact) mass is 268 g/mol. The number of halogens is 4. The molecule has 3 nitrogen and oxygen atoms in total. The van der Waals surface area contributed by atoms with Gasteiger partial charge < -0.3 is 0 Å². The van der Waals surface area contributed by atoms with Gasteiger partial charge in [-0.3, -0.25) is 10.1 Å². The molecule has 75 valence electrons. The lowest BCUT2D eigenvalue weighted by atomic mass is 10.2. The van der Waals surface area contributed by atoms with Gasteiger partial charge in [-0.25, -0.2) is 0 Å². The zero-order valence-corrected chi connectivity index (χ0v) is 8.02. The Labute approximate surface area is 84.8 Å². The van der Waals surface area contributed by atoms with Crippen molar-refractivity contribution in [3.05, 3.63) is 38.3 Å². The Bertz CT molecular complexity index is 378. The molecule has 0 bridgehead atoms. The molecule has 0 aromatic heterocycles. The number of alkyl halides is 3. The number of non-ortho nitro benzene ring substituents is 1. The van der Waals surface area contributed by atoms with Crippen molar-refractivity contribution in [2.45, 2.75) is 6.18 Å². The standard InChI is InChI=1S/C7H2BrF3NO2/c8-6-2-1-4(12(13)14)3-5(6)7(9,10)11/h1,3H. The molecule has 1 aromatic rings. The minimum atomic E-state index is -4.62. The maximum atomic E-state index is 12.2. The van der Waals surface area contributed by atoms with Gasteiger partial charge in [0.25, 0.3) is 5.69 Å². The Kier molecular flexibility index (Phi) is 2.79. The summed E-state index contributed by atoms with van der Waals surface area (Å²) in [5, 5.41) is 10.2. The number of nitro benzene ring substituents is 1. The van der Waals surface area contributed by atoms with Crippen LogP contribution in [0.25, 0.3) is 0 Å². The van der Waals surface area contributed by atoms with E-state index in [0.717, 1.165) is 6.07 Å². The van der Waals surface area contributed by atoms with Crippen LogP contribution in [0.4, 0.5) is 18.9 Å². The fraction of sp³-hybridized carbons (Fsp3) is 0.143. The van der Waals surface area contributed by atoms with E-state index in [4.69, 9.17) is 0 Å². The van der Waals surface area contributed by atoms with E-state index in [1.165, 1.54) is 0 Å². The second-order valence-corrected chi connectivity index (χ2v) is 3.13. The fourth-order valence-electron chi connectivity index (χ4n) is 0.780. The molecule has 1 aromatic carbocycles. The Morgan fingerprint density at radius 3 is 2.50 bits per heavy atom. The largest absolute Gasteiger partial charge is 0.417 e. The first kappa shape index (κ1) is 11.0. The summed E-state index contributed by atoms with van der Waals surface area (Å²) in [6.07, 6.45) is -4.62. The van der Waals surface area contributed by atoms with Gasteiger partial charge in [-0.15, -0.1) is 0 Å². The van der Waals surface area contributed by atoms with Crippen LogP contribution >= 0.6 is 15.9 Å². The summed E-state index contributed by atoms with van der Waals surface area (Å²) < 4.78 is 36.3. The molecular formula is C7H2BrF3NO2. The van der Waals surface area contributed by atoms with Crippen LogP contribution in [0.5, 0.6) is 0 Å². The highest BCUT2D eigenvalue weighted by Crippen LogP contribution is 2.36. The van der Waals surface area contributed by atoms with E-state index in [2.05, 4.69) is 22.0 Å². The average Bonchev–Trinajstić information content (AvgIpc) is 2.02. The van der Waals surface area contributed by atoms with Gasteiger partial charge in [0.1, 0.15) is 0 Å². The zero-order valence-electron chi connectivity index (χ0n) is 6.43. The van der Waals surface area contributed by atoms with Gasteiger partial charge in [0.15, 0.2) is 0 Å². The average molecular weight is 269 g/mol. The second-order valence-electron chi connectivity index (χ2n) is 2.34. The van der Waals surface area contributed by atoms with Crippen molar-refractivity contribution in [2.75, 3.05) is 0 Å². The molecule has 14 heavy (non-hydrogen) atoms. The third-order valence-electron chi connectivity index (χ3n) is 1.39. The number of rotatable bonds is 1. The van der Waals surface area contributed by atoms with Crippen LogP contribution < -0.4 is 0 Å². The normalized spacial score (nSPS) is 11.4. The lowest BCUT2D eigenvalue weighted by Crippen LogP contribution is -2.06. The lowest BCUT2D eigenvalue weighted by molar-refractivity contribution is -0.385. The number of nitro groups is 1. The van der Waals surface area contributed by atoms with E-state index in [0.29, 0.717) is 6.07 Å². The maximum absolute atomic E-state index is 12.2. The second kappa shape index (κ2) is 3.56. The van der Waals surface area contributed by atoms with Gasteiger partial charge >= 0.3 is 6.18 Å². The van der Waals surface area contributed by atoms with E-state index in [9.17, 15) is 23.3 Å². The van der Waals surface area contributed by atoms with Gasteiger partial charge in [0.05, 0.1) is 10.5 Å². The van der Waals surface area contributed by atoms with Crippen molar-refractivity contribution >= 4 is 21.6 Å². The minimum Gasteiger partial charge on any atom is -0.258 e. The first-order valence-corrected chi connectivity index (χ1v) is 4.04. The quantitative estimate of drug-likeness (QED) is 0.580. The Hall–Kier alpha value is -1.11. The summed E-state index contributed by atoms with van der Waals surface area (Å²) in [7, 11) is 0. The summed E-state index contributed by atoms with van der Waals surface area (Å²) in [6, 6.07) is 3.44. The highest BCUT2D eigenvalue weighted by Gasteiger charge is 2.34. The predicted molar refractivity (Wildman–Crippen MR) is 44.6 cm³/mol. The third kappa shape index (κ3) is 2.22. The molecule has 0 heterocycles. The smallest absolute Gasteiger partial charge is 0.258 e. The fourth-order valence-corrected chi connectivity index (χ4v) is 1.23. The van der Waals surface area contributed by atoms with E-state index in [1.54, 1.807) is 0 Å². The van der Waals surface area contributed by atoms with Gasteiger partial charge in [0.2, 0.25) is 0 Å². The van der Waals surface area contributed by atoms with Crippen molar-refractivity contribution < 1.29 is 18.1 Å². The molecule has 0 saturated carbocycles. The van der Waals surface area contributed by atoms with Gasteiger partial charge in [0, 0.05) is 22.7 Å². The van der Waals surface area contributed by atoms with Crippen LogP contribution in [0.3, 0.4) is 0 Å². The van der Waals surface area contributed by atoms with Crippen LogP contribution in [0.2, 0.25) is 0 Å². The highest BCUT2D eigenvalue weighted by atomic mass is 79.9. The van der Waals surface area contributed by atoms with E-state index in [-0.39, 0.29) is 4.47 Å². The van der Waals surface area contributed by atoms with Gasteiger partial charge in [-0.1, -0.05) is 0 Å². The minimum absolute atomic E-state index is 0.337. The summed E-state index contributed by atoms with van der Waals surface area (Å²) in [4.78, 5) is 9.29. The van der Waals surface area contributed by atoms with Crippen molar-refractivity contribution in [2.24, 2.45) is 0 Å². The molecule has 0 atom stereocenters. The molecule has 0 N–H and O–H groups in total. The first-order chi connectivity index (χ1) is 6.32. The topological polar surface area (TPSA) is 43.1 Å². The Morgan fingerprint density at radius 2 is 2.07 bits per heavy atom. The number of hydrogen-bond acceptors (Lipinski definition) is 2. The molecule has 0 aliphatic rings. The van der Waals surface area contributed by atoms with E-state index in [1.807, 2.05) is 0 Å². The summed E-state index contributed by atoms with van der Waals surface area (Å²) in [6.45, 7) is 0. The van der Waals surface area contributed by atoms with E-state index >= 15 is 0 Å². The molecule has 0 aliphatic heterocycles. The van der Waals surface area contributed by atoms with Crippen LogP contribution in [0.1, 0.15) is 5.56 Å². The van der Waals surface area contributed by atoms with Crippen molar-refractivity contribution in [3.8, 4) is 0 Å². The zero-order chi connectivity index (χ0) is 10.9. The predicted octanol–water partition coefficient (Wildman–Crippen LogP) is 3.18. The number of benzene rings is 1. The molecule has 0 saturated heterocycles. The molecule has 0 unspecified atom stereocenters. The van der Waals surface area contributed by atoms with Gasteiger partial charge in [-0.05, 0) is 15.9 Å². The molecule has 0 fully saturated rings. The van der Waals surface area contributed by atoms with E-state index < -0.39 is 22.4 Å². The SMILES string of the molecule is O=[N+]([O-])c1c[c]c(Br)c(C(F)(F)F)c1. The molecule has 1 rings (SSSR count). The van der Waals surface area contributed by atoms with Crippen LogP contribution in [-0.4, -0.2) is 4.92 Å². The summed E-state index contributed by atoms with van der Waals surface area (Å²) in [5.74, 6) is 0. The Morgan fingerprint density at radius 1 is 1.50 bits per heavy atom. The summed E-state index contributed by atoms with van der Waals surface area (Å²) >= 11 is 2.62. The van der Waals surface area contributed by atoms with Crippen molar-refractivity contribution in [3.63, 3.8) is 0 Å². The summed E-state index contributed by atoms with van der Waals surface area (Å²) in [5.41, 5.74) is -1.74. The molecule has 0 aliphatic carbocycles. The molecular weight excluding hydrogens is 267 g/mol. The van der Waals surface area contributed by atoms with Crippen molar-refractivity contribution in [1.82, 2.24) is 0 Å². The lowest BCUT2D eigenvalue weighted by Gasteiger charge is -2.07. The Balaban J connectivity index is 3.29. The maximum Gasteiger partial charge on any atom is 0.417 e. The number of nitrogens with zero attached hydrogens (tertiary/aromatic N) is 1. The highest BCUT2D eigenvalue weighted by molar-refractivity contribution is 9.10. The molecule has 7 heteroatoms. The molecule has 0 spiro atoms. The molecule has 1 radical (unpaired) electrons. The van der Waals surface area contributed by atoms with Crippen LogP contribution in [0, 0.1) is 16.2 Å². The number of hydrogen-bond donors (Lipinski definition) is 0. The van der Waals surface area contributed by atoms with Gasteiger partial charge in [-0.2, -0.15) is 13.2 Å². The van der Waals surface area contributed by atoms with Crippen LogP contribution in [-0.2, 0) is 6.18 Å². The van der Waals surface area contributed by atoms with Crippen LogP contribution in [0.15, 0.2) is 16.6 Å². The first-order valence-electron chi connectivity index (χ1n) is 3.25. The molecule has 0 amide bonds.